The van der Waals surface area contributed by atoms with Crippen molar-refractivity contribution in [3.8, 4) is 0 Å². The van der Waals surface area contributed by atoms with Gasteiger partial charge in [-0.25, -0.2) is 23.0 Å². The summed E-state index contributed by atoms with van der Waals surface area (Å²) in [7, 11) is -4.67. The first-order valence-electron chi connectivity index (χ1n) is 15.2. The molecule has 3 heterocycles. The second-order valence-electron chi connectivity index (χ2n) is 12.6. The van der Waals surface area contributed by atoms with Crippen LogP contribution in [0.1, 0.15) is 69.4 Å². The number of aliphatic hydroxyl groups excluding tert-OH is 1. The molecule has 0 radical (unpaired) electrons. The number of carbonyl (C=O) groups is 2. The lowest BCUT2D eigenvalue weighted by molar-refractivity contribution is -0.164. The number of aromatic amines is 1. The minimum atomic E-state index is -4.67. The predicted octanol–water partition coefficient (Wildman–Crippen LogP) is 3.43. The van der Waals surface area contributed by atoms with Gasteiger partial charge in [0.05, 0.1) is 29.4 Å². The number of alkyl halides is 1. The smallest absolute Gasteiger partial charge is 0.437 e. The maximum absolute atomic E-state index is 16.2. The van der Waals surface area contributed by atoms with E-state index < -0.39 is 80.3 Å². The van der Waals surface area contributed by atoms with Gasteiger partial charge in [-0.2, -0.15) is 4.98 Å². The number of aromatic nitrogens is 4. The van der Waals surface area contributed by atoms with Gasteiger partial charge in [-0.1, -0.05) is 0 Å². The number of anilines is 1. The summed E-state index contributed by atoms with van der Waals surface area (Å²) in [6.45, 7) is 8.74. The third kappa shape index (κ3) is 8.86. The van der Waals surface area contributed by atoms with E-state index >= 15 is 4.39 Å². The van der Waals surface area contributed by atoms with Crippen molar-refractivity contribution in [2.45, 2.75) is 79.8 Å². The standard InChI is InChI=1S/C27H43FN5O11P/c1-9-29-24-31-19-18(20(35)32-24)30-13-33(19)21-17(28)16(10-11-34)27(8,44-21)12-41-45(38,42-14-39-22(36)25(2,3)4)43-15-40-23(37)26(5,6)7/h13,16-17,21,34H,9-12,14-15H2,1-8H3,(H2,29,31,32,35)/t16-,17+,21+,27+/m0/s1/i1T,34T. The zero-order valence-electron chi connectivity index (χ0n) is 28.4. The Morgan fingerprint density at radius 1 is 1.20 bits per heavy atom. The van der Waals surface area contributed by atoms with Gasteiger partial charge in [-0.15, -0.1) is 0 Å². The molecule has 16 nitrogen and oxygen atoms in total. The summed E-state index contributed by atoms with van der Waals surface area (Å²) in [6.07, 6.45) is -2.07. The van der Waals surface area contributed by atoms with E-state index in [1.165, 1.54) is 17.8 Å². The number of phosphoric ester groups is 1. The average molecular weight is 668 g/mol. The molecule has 1 aliphatic rings. The largest absolute Gasteiger partial charge is 0.480 e. The second kappa shape index (κ2) is 14.2. The topological polar surface area (TPSA) is 202 Å². The van der Waals surface area contributed by atoms with Crippen molar-refractivity contribution in [2.24, 2.45) is 16.7 Å². The summed E-state index contributed by atoms with van der Waals surface area (Å²) in [5, 5.41) is 7.24. The Morgan fingerprint density at radius 3 is 2.38 bits per heavy atom. The molecular weight excluding hydrogens is 620 g/mol. The van der Waals surface area contributed by atoms with Gasteiger partial charge >= 0.3 is 19.8 Å². The number of halogens is 1. The lowest BCUT2D eigenvalue weighted by atomic mass is 9.86. The Morgan fingerprint density at radius 2 is 1.82 bits per heavy atom. The van der Waals surface area contributed by atoms with Crippen LogP contribution in [0.25, 0.3) is 11.2 Å². The molecule has 18 heteroatoms. The van der Waals surface area contributed by atoms with E-state index in [2.05, 4.69) is 25.4 Å². The number of rotatable bonds is 15. The van der Waals surface area contributed by atoms with Gasteiger partial charge in [-0.3, -0.25) is 28.5 Å². The zero-order valence-corrected chi connectivity index (χ0v) is 27.3. The fourth-order valence-corrected chi connectivity index (χ4v) is 5.26. The molecule has 1 aliphatic heterocycles. The summed E-state index contributed by atoms with van der Waals surface area (Å²) in [5.41, 5.74) is -4.09. The first kappa shape index (κ1) is 33.4. The van der Waals surface area contributed by atoms with Crippen LogP contribution in [0, 0.1) is 16.7 Å². The lowest BCUT2D eigenvalue weighted by Gasteiger charge is -2.31. The highest BCUT2D eigenvalue weighted by molar-refractivity contribution is 7.48. The van der Waals surface area contributed by atoms with Crippen molar-refractivity contribution in [1.82, 2.24) is 19.5 Å². The van der Waals surface area contributed by atoms with Crippen LogP contribution in [-0.2, 0) is 41.9 Å². The molecule has 2 aromatic heterocycles. The molecule has 0 aliphatic carbocycles. The van der Waals surface area contributed by atoms with Crippen LogP contribution >= 0.6 is 7.82 Å². The molecule has 4 atom stereocenters. The van der Waals surface area contributed by atoms with Gasteiger partial charge in [0.15, 0.2) is 23.6 Å². The van der Waals surface area contributed by atoms with E-state index in [1.54, 1.807) is 41.5 Å². The van der Waals surface area contributed by atoms with Crippen LogP contribution in [0.4, 0.5) is 10.3 Å². The Balaban J connectivity index is 1.88. The van der Waals surface area contributed by atoms with Crippen molar-refractivity contribution in [1.29, 1.82) is 1.43 Å². The number of esters is 2. The highest BCUT2D eigenvalue weighted by Gasteiger charge is 2.54. The van der Waals surface area contributed by atoms with E-state index in [0.717, 1.165) is 0 Å². The number of hydrogen-bond acceptors (Lipinski definition) is 14. The third-order valence-electron chi connectivity index (χ3n) is 6.79. The summed E-state index contributed by atoms with van der Waals surface area (Å²) in [4.78, 5) is 47.9. The molecule has 3 N–H and O–H groups in total. The molecule has 0 saturated carbocycles. The number of ether oxygens (including phenoxy) is 3. The number of imidazole rings is 1. The molecule has 0 bridgehead atoms. The van der Waals surface area contributed by atoms with Crippen molar-refractivity contribution >= 4 is 36.9 Å². The molecular formula is C27H43FN5O11P. The highest BCUT2D eigenvalue weighted by Crippen LogP contribution is 2.53. The predicted molar refractivity (Wildman–Crippen MR) is 157 cm³/mol. The first-order chi connectivity index (χ1) is 21.8. The summed E-state index contributed by atoms with van der Waals surface area (Å²) < 4.78 is 77.8. The van der Waals surface area contributed by atoms with E-state index in [9.17, 15) is 18.9 Å². The summed E-state index contributed by atoms with van der Waals surface area (Å²) in [6, 6.07) is 0. The lowest BCUT2D eigenvalue weighted by Crippen LogP contribution is -2.39. The number of aliphatic hydroxyl groups is 1. The Bertz CT molecular complexity index is 1460. The molecule has 3 rings (SSSR count). The highest BCUT2D eigenvalue weighted by atomic mass is 31.2. The number of hydrogen-bond donors (Lipinski definition) is 3. The number of phosphoric acid groups is 1. The fourth-order valence-electron chi connectivity index (χ4n) is 4.26. The van der Waals surface area contributed by atoms with Crippen LogP contribution in [0.2, 0.25) is 0 Å². The molecule has 1 fully saturated rings. The molecule has 2 aromatic rings. The second-order valence-corrected chi connectivity index (χ2v) is 14.3. The maximum Gasteiger partial charge on any atom is 0.480 e. The van der Waals surface area contributed by atoms with Crippen molar-refractivity contribution in [3.63, 3.8) is 0 Å². The molecule has 254 valence electrons. The van der Waals surface area contributed by atoms with Gasteiger partial charge in [0.1, 0.15) is 0 Å². The SMILES string of the molecule is [3H]CCNc1nc2c(ncn2[C@@H]2O[C@](C)(COP(=O)(OCOC(=O)C(C)(C)C)OCOC(=O)C(C)(C)C)[C@@H](CCO[3H])[C@H]2F)c(=O)[nH]1. The number of H-pyrrole nitrogens is 1. The number of nitrogens with zero attached hydrogens (tertiary/aromatic N) is 3. The van der Waals surface area contributed by atoms with E-state index in [0.29, 0.717) is 0 Å². The minimum absolute atomic E-state index is 0.00629. The molecule has 0 amide bonds. The van der Waals surface area contributed by atoms with Crippen LogP contribution in [0.3, 0.4) is 0 Å². The number of nitrogens with one attached hydrogen (secondary N) is 2. The maximum atomic E-state index is 16.2. The zero-order chi connectivity index (χ0) is 35.2. The number of carbonyl (C=O) groups excluding carboxylic acids is 2. The molecule has 0 unspecified atom stereocenters. The van der Waals surface area contributed by atoms with Crippen molar-refractivity contribution in [2.75, 3.05) is 38.7 Å². The number of fused-ring (bicyclic) bond motifs is 1. The van der Waals surface area contributed by atoms with Crippen LogP contribution in [0.5, 0.6) is 0 Å². The van der Waals surface area contributed by atoms with Crippen LogP contribution in [0.15, 0.2) is 11.1 Å². The van der Waals surface area contributed by atoms with Gasteiger partial charge in [0.25, 0.3) is 5.56 Å². The van der Waals surface area contributed by atoms with E-state index in [-0.39, 0.29) is 43.6 Å². The van der Waals surface area contributed by atoms with E-state index in [4.69, 9.17) is 30.6 Å². The van der Waals surface area contributed by atoms with Gasteiger partial charge in [-0.05, 0) is 61.8 Å². The van der Waals surface area contributed by atoms with Crippen molar-refractivity contribution < 1.29 is 52.8 Å². The Kier molecular flexibility index (Phi) is 10.6. The quantitative estimate of drug-likeness (QED) is 0.142. The normalized spacial score (nSPS) is 23.1. The molecule has 45 heavy (non-hydrogen) atoms. The molecule has 0 spiro atoms. The molecule has 1 saturated heterocycles. The first-order valence-corrected chi connectivity index (χ1v) is 15.6. The Labute approximate surface area is 262 Å². The Hall–Kier alpha value is -2.95. The van der Waals surface area contributed by atoms with E-state index in [1.807, 2.05) is 0 Å². The van der Waals surface area contributed by atoms with Crippen molar-refractivity contribution in [3.05, 3.63) is 16.7 Å². The average Bonchev–Trinajstić information content (AvgIpc) is 3.51. The monoisotopic (exact) mass is 667 g/mol. The minimum Gasteiger partial charge on any atom is -0.437 e. The summed E-state index contributed by atoms with van der Waals surface area (Å²) in [5.74, 6) is -2.34. The molecule has 0 aromatic carbocycles. The van der Waals surface area contributed by atoms with Crippen LogP contribution in [-0.4, -0.2) is 83.1 Å². The van der Waals surface area contributed by atoms with Crippen LogP contribution < -0.4 is 10.9 Å². The van der Waals surface area contributed by atoms with Gasteiger partial charge < -0.3 is 24.6 Å². The van der Waals surface area contributed by atoms with Gasteiger partial charge in [0.2, 0.25) is 21.0 Å². The van der Waals surface area contributed by atoms with Gasteiger partial charge in [0, 0.05) is 20.4 Å². The fraction of sp³-hybridized carbons (Fsp3) is 0.741. The third-order valence-corrected chi connectivity index (χ3v) is 8.08. The summed E-state index contributed by atoms with van der Waals surface area (Å²) >= 11 is 0.